The van der Waals surface area contributed by atoms with Gasteiger partial charge in [0.1, 0.15) is 7.14 Å². The largest absolute Gasteiger partial charge is 0.319 e. The molecular weight excluding hydrogens is 243 g/mol. The second kappa shape index (κ2) is 4.18. The van der Waals surface area contributed by atoms with E-state index < -0.39 is 7.14 Å². The number of nitrogens with zero attached hydrogens (tertiary/aromatic N) is 1. The number of aromatic nitrogens is 1. The molecule has 1 spiro atoms. The number of nitrogens with one attached hydrogen (secondary N) is 1. The van der Waals surface area contributed by atoms with Gasteiger partial charge >= 0.3 is 0 Å². The van der Waals surface area contributed by atoms with Crippen molar-refractivity contribution in [1.29, 1.82) is 0 Å². The summed E-state index contributed by atoms with van der Waals surface area (Å²) in [6, 6.07) is 4.04. The van der Waals surface area contributed by atoms with Crippen molar-refractivity contribution >= 4 is 12.4 Å². The predicted octanol–water partition coefficient (Wildman–Crippen LogP) is 1.87. The summed E-state index contributed by atoms with van der Waals surface area (Å²) >= 11 is 0. The first kappa shape index (κ1) is 12.4. The summed E-state index contributed by atoms with van der Waals surface area (Å²) in [7, 11) is -2.15. The lowest BCUT2D eigenvalue weighted by Crippen LogP contribution is -2.60. The van der Waals surface area contributed by atoms with E-state index in [2.05, 4.69) is 16.4 Å². The molecule has 0 aromatic carbocycles. The Morgan fingerprint density at radius 3 is 2.56 bits per heavy atom. The maximum absolute atomic E-state index is 11.9. The molecule has 98 valence electrons. The topological polar surface area (TPSA) is 42.0 Å². The first-order valence-corrected chi connectivity index (χ1v) is 9.28. The fraction of sp³-hybridized carbons (Fsp3) is 0.643. The summed E-state index contributed by atoms with van der Waals surface area (Å²) in [6.07, 6.45) is 5.59. The molecule has 1 saturated carbocycles. The Morgan fingerprint density at radius 2 is 2.11 bits per heavy atom. The SMILES string of the molecule is CP(C)(=O)c1ccc(CC2CC3(CNC3)C2)nc1. The van der Waals surface area contributed by atoms with Crippen LogP contribution in [-0.4, -0.2) is 31.4 Å². The molecule has 4 heteroatoms. The molecule has 0 unspecified atom stereocenters. The van der Waals surface area contributed by atoms with Crippen LogP contribution in [0.25, 0.3) is 0 Å². The highest BCUT2D eigenvalue weighted by molar-refractivity contribution is 7.70. The highest BCUT2D eigenvalue weighted by atomic mass is 31.2. The van der Waals surface area contributed by atoms with E-state index in [1.54, 1.807) is 19.5 Å². The van der Waals surface area contributed by atoms with Crippen LogP contribution in [0.5, 0.6) is 0 Å². The van der Waals surface area contributed by atoms with Crippen LogP contribution in [0.3, 0.4) is 0 Å². The Labute approximate surface area is 109 Å². The Kier molecular flexibility index (Phi) is 2.87. The van der Waals surface area contributed by atoms with Gasteiger partial charge < -0.3 is 9.88 Å². The molecule has 1 aromatic heterocycles. The molecular formula is C14H21N2OP. The normalized spacial score (nSPS) is 22.6. The molecule has 18 heavy (non-hydrogen) atoms. The van der Waals surface area contributed by atoms with Crippen molar-refractivity contribution in [2.75, 3.05) is 26.4 Å². The average molecular weight is 264 g/mol. The van der Waals surface area contributed by atoms with Gasteiger partial charge in [-0.2, -0.15) is 0 Å². The van der Waals surface area contributed by atoms with E-state index in [9.17, 15) is 4.57 Å². The van der Waals surface area contributed by atoms with E-state index in [1.807, 2.05) is 6.07 Å². The predicted molar refractivity (Wildman–Crippen MR) is 75.1 cm³/mol. The third-order valence-electron chi connectivity index (χ3n) is 4.37. The third-order valence-corrected chi connectivity index (χ3v) is 5.88. The van der Waals surface area contributed by atoms with Crippen LogP contribution in [-0.2, 0) is 11.0 Å². The van der Waals surface area contributed by atoms with Gasteiger partial charge in [0.25, 0.3) is 0 Å². The number of hydrogen-bond acceptors (Lipinski definition) is 3. The van der Waals surface area contributed by atoms with Crippen LogP contribution in [0.15, 0.2) is 18.3 Å². The lowest BCUT2D eigenvalue weighted by atomic mass is 9.57. The summed E-state index contributed by atoms with van der Waals surface area (Å²) < 4.78 is 11.9. The lowest BCUT2D eigenvalue weighted by Gasteiger charge is -2.54. The van der Waals surface area contributed by atoms with E-state index in [1.165, 1.54) is 25.9 Å². The highest BCUT2D eigenvalue weighted by Crippen LogP contribution is 2.49. The van der Waals surface area contributed by atoms with Gasteiger partial charge in [0.15, 0.2) is 0 Å². The van der Waals surface area contributed by atoms with Crippen molar-refractivity contribution in [2.45, 2.75) is 19.3 Å². The minimum Gasteiger partial charge on any atom is -0.319 e. The first-order valence-electron chi connectivity index (χ1n) is 6.68. The second-order valence-corrected chi connectivity index (χ2v) is 9.66. The molecule has 3 rings (SSSR count). The molecule has 1 aliphatic heterocycles. The summed E-state index contributed by atoms with van der Waals surface area (Å²) in [6.45, 7) is 6.02. The molecule has 0 radical (unpaired) electrons. The highest BCUT2D eigenvalue weighted by Gasteiger charge is 2.47. The first-order chi connectivity index (χ1) is 8.47. The number of rotatable bonds is 3. The zero-order valence-electron chi connectivity index (χ0n) is 11.1. The Hall–Kier alpha value is -0.660. The molecule has 3 nitrogen and oxygen atoms in total. The van der Waals surface area contributed by atoms with Crippen molar-refractivity contribution in [3.05, 3.63) is 24.0 Å². The van der Waals surface area contributed by atoms with Gasteiger partial charge in [0, 0.05) is 30.3 Å². The zero-order chi connectivity index (χ0) is 12.8. The van der Waals surface area contributed by atoms with Gasteiger partial charge in [-0.15, -0.1) is 0 Å². The van der Waals surface area contributed by atoms with Crippen molar-refractivity contribution in [3.8, 4) is 0 Å². The van der Waals surface area contributed by atoms with Crippen LogP contribution >= 0.6 is 7.14 Å². The lowest BCUT2D eigenvalue weighted by molar-refractivity contribution is 0.000495. The molecule has 1 aromatic rings. The summed E-state index contributed by atoms with van der Waals surface area (Å²) in [5.41, 5.74) is 1.80. The molecule has 0 atom stereocenters. The molecule has 2 aliphatic rings. The van der Waals surface area contributed by atoms with Gasteiger partial charge in [-0.25, -0.2) is 0 Å². The fourth-order valence-corrected chi connectivity index (χ4v) is 4.00. The van der Waals surface area contributed by atoms with Crippen LogP contribution in [0, 0.1) is 11.3 Å². The zero-order valence-corrected chi connectivity index (χ0v) is 12.0. The molecule has 1 N–H and O–H groups in total. The van der Waals surface area contributed by atoms with Gasteiger partial charge in [-0.3, -0.25) is 4.98 Å². The molecule has 1 saturated heterocycles. The van der Waals surface area contributed by atoms with Crippen LogP contribution < -0.4 is 10.6 Å². The number of pyridine rings is 1. The molecule has 0 amide bonds. The van der Waals surface area contributed by atoms with Gasteiger partial charge in [-0.1, -0.05) is 0 Å². The van der Waals surface area contributed by atoms with Crippen molar-refractivity contribution in [3.63, 3.8) is 0 Å². The van der Waals surface area contributed by atoms with E-state index in [4.69, 9.17) is 0 Å². The van der Waals surface area contributed by atoms with Crippen molar-refractivity contribution in [2.24, 2.45) is 11.3 Å². The Balaban J connectivity index is 1.59. The van der Waals surface area contributed by atoms with Crippen LogP contribution in [0.2, 0.25) is 0 Å². The van der Waals surface area contributed by atoms with Crippen LogP contribution in [0.1, 0.15) is 18.5 Å². The van der Waals surface area contributed by atoms with E-state index in [0.717, 1.165) is 23.3 Å². The molecule has 0 bridgehead atoms. The Bertz CT molecular complexity index is 479. The van der Waals surface area contributed by atoms with E-state index in [-0.39, 0.29) is 0 Å². The monoisotopic (exact) mass is 264 g/mol. The summed E-state index contributed by atoms with van der Waals surface area (Å²) in [4.78, 5) is 4.47. The number of hydrogen-bond donors (Lipinski definition) is 1. The van der Waals surface area contributed by atoms with Gasteiger partial charge in [0.05, 0.1) is 0 Å². The maximum atomic E-state index is 11.9. The van der Waals surface area contributed by atoms with Gasteiger partial charge in [-0.05, 0) is 56.1 Å². The minimum absolute atomic E-state index is 0.646. The standard InChI is InChI=1S/C14H21N2OP/c1-18(2,17)13-4-3-12(16-8-13)5-11-6-14(7-11)9-15-10-14/h3-4,8,11,15H,5-7,9-10H2,1-2H3. The quantitative estimate of drug-likeness (QED) is 0.847. The average Bonchev–Trinajstić information content (AvgIpc) is 2.19. The maximum Gasteiger partial charge on any atom is 0.111 e. The molecule has 2 fully saturated rings. The second-order valence-electron chi connectivity index (χ2n) is 6.44. The fourth-order valence-electron chi connectivity index (χ4n) is 3.23. The molecule has 1 aliphatic carbocycles. The summed E-state index contributed by atoms with van der Waals surface area (Å²) in [5.74, 6) is 0.806. The van der Waals surface area contributed by atoms with E-state index >= 15 is 0 Å². The van der Waals surface area contributed by atoms with E-state index in [0.29, 0.717) is 5.41 Å². The summed E-state index contributed by atoms with van der Waals surface area (Å²) in [5, 5.41) is 4.25. The van der Waals surface area contributed by atoms with Crippen LogP contribution in [0.4, 0.5) is 0 Å². The Morgan fingerprint density at radius 1 is 1.39 bits per heavy atom. The van der Waals surface area contributed by atoms with Gasteiger partial charge in [0.2, 0.25) is 0 Å². The minimum atomic E-state index is -2.15. The molecule has 2 heterocycles. The third kappa shape index (κ3) is 2.26. The smallest absolute Gasteiger partial charge is 0.111 e. The van der Waals surface area contributed by atoms with Crippen molar-refractivity contribution < 1.29 is 4.57 Å². The van der Waals surface area contributed by atoms with Crippen molar-refractivity contribution in [1.82, 2.24) is 10.3 Å².